The zero-order chi connectivity index (χ0) is 27.4. The van der Waals surface area contributed by atoms with Crippen LogP contribution in [0.1, 0.15) is 44.1 Å². The van der Waals surface area contributed by atoms with Crippen LogP contribution in [0.2, 0.25) is 0 Å². The molecular formula is C25H39N5O6S. The molecule has 4 atom stereocenters. The Morgan fingerprint density at radius 3 is 2.43 bits per heavy atom. The summed E-state index contributed by atoms with van der Waals surface area (Å²) in [7, 11) is 0. The molecule has 0 bridgehead atoms. The number of carboxylic acid groups (broad SMARTS) is 1. The Bertz CT molecular complexity index is 915. The Morgan fingerprint density at radius 2 is 1.81 bits per heavy atom. The minimum absolute atomic E-state index is 0.0725. The smallest absolute Gasteiger partial charge is 0.326 e. The monoisotopic (exact) mass is 537 g/mol. The van der Waals surface area contributed by atoms with Crippen molar-refractivity contribution in [2.75, 3.05) is 25.1 Å². The van der Waals surface area contributed by atoms with E-state index >= 15 is 0 Å². The molecule has 1 saturated heterocycles. The number of nitrogens with one attached hydrogen (secondary N) is 2. The van der Waals surface area contributed by atoms with E-state index in [0.29, 0.717) is 50.1 Å². The van der Waals surface area contributed by atoms with E-state index < -0.39 is 47.9 Å². The molecule has 1 fully saturated rings. The summed E-state index contributed by atoms with van der Waals surface area (Å²) in [5.74, 6) is -1.92. The third-order valence-corrected chi connectivity index (χ3v) is 7.00. The third-order valence-electron chi connectivity index (χ3n) is 6.36. The summed E-state index contributed by atoms with van der Waals surface area (Å²) in [6, 6.07) is 2.61. The first kappa shape index (κ1) is 30.4. The van der Waals surface area contributed by atoms with E-state index in [2.05, 4.69) is 10.6 Å². The number of carbonyl (C=O) groups excluding carboxylic acids is 3. The Hall–Kier alpha value is -2.83. The van der Waals surface area contributed by atoms with E-state index in [-0.39, 0.29) is 18.6 Å². The van der Waals surface area contributed by atoms with Gasteiger partial charge in [0.2, 0.25) is 17.7 Å². The molecule has 37 heavy (non-hydrogen) atoms. The quantitative estimate of drug-likeness (QED) is 0.170. The number of phenols is 1. The molecule has 1 aromatic rings. The predicted octanol–water partition coefficient (Wildman–Crippen LogP) is 0.189. The molecule has 0 spiro atoms. The number of thioether (sulfide) groups is 1. The molecule has 0 radical (unpaired) electrons. The molecule has 1 heterocycles. The first-order valence-electron chi connectivity index (χ1n) is 12.5. The highest BCUT2D eigenvalue weighted by Crippen LogP contribution is 2.21. The van der Waals surface area contributed by atoms with E-state index in [0.717, 1.165) is 6.42 Å². The number of amides is 3. The lowest BCUT2D eigenvalue weighted by atomic mass is 10.0. The lowest BCUT2D eigenvalue weighted by Gasteiger charge is -2.30. The molecule has 2 rings (SSSR count). The van der Waals surface area contributed by atoms with Gasteiger partial charge in [-0.15, -0.1) is 0 Å². The summed E-state index contributed by atoms with van der Waals surface area (Å²) in [5.41, 5.74) is 12.3. The van der Waals surface area contributed by atoms with Crippen molar-refractivity contribution in [2.24, 2.45) is 11.5 Å². The van der Waals surface area contributed by atoms with Crippen LogP contribution in [0.15, 0.2) is 24.3 Å². The van der Waals surface area contributed by atoms with Crippen molar-refractivity contribution in [3.63, 3.8) is 0 Å². The predicted molar refractivity (Wildman–Crippen MR) is 142 cm³/mol. The second kappa shape index (κ2) is 15.4. The van der Waals surface area contributed by atoms with E-state index in [4.69, 9.17) is 11.5 Å². The van der Waals surface area contributed by atoms with Gasteiger partial charge in [0.25, 0.3) is 0 Å². The number of aliphatic carboxylic acids is 1. The Morgan fingerprint density at radius 1 is 1.11 bits per heavy atom. The summed E-state index contributed by atoms with van der Waals surface area (Å²) in [4.78, 5) is 52.5. The standard InChI is InChI=1S/C25H39N5O6S/c1-37-14-11-19(25(35)36)28-23(33)21-6-4-13-30(21)24(34)20(15-16-7-9-17(31)10-8-16)29-22(32)18(27)5-2-3-12-26/h7-10,18-21,31H,2-6,11-15,26-27H2,1H3,(H,28,33)(H,29,32)(H,35,36). The fourth-order valence-electron chi connectivity index (χ4n) is 4.25. The molecule has 0 aromatic heterocycles. The number of likely N-dealkylation sites (tertiary alicyclic amines) is 1. The molecule has 1 aliphatic heterocycles. The van der Waals surface area contributed by atoms with Crippen LogP contribution in [0.5, 0.6) is 5.75 Å². The number of benzene rings is 1. The molecule has 11 nitrogen and oxygen atoms in total. The van der Waals surface area contributed by atoms with E-state index in [1.807, 2.05) is 6.26 Å². The topological polar surface area (TPSA) is 188 Å². The van der Waals surface area contributed by atoms with Crippen molar-refractivity contribution >= 4 is 35.5 Å². The van der Waals surface area contributed by atoms with Crippen LogP contribution in [0.4, 0.5) is 0 Å². The fraction of sp³-hybridized carbons (Fsp3) is 0.600. The molecule has 0 saturated carbocycles. The number of nitrogens with two attached hydrogens (primary N) is 2. The van der Waals surface area contributed by atoms with Crippen LogP contribution in [0.3, 0.4) is 0 Å². The number of hydrogen-bond acceptors (Lipinski definition) is 8. The molecule has 12 heteroatoms. The zero-order valence-corrected chi connectivity index (χ0v) is 22.0. The number of unbranched alkanes of at least 4 members (excludes halogenated alkanes) is 1. The Kier molecular flexibility index (Phi) is 12.7. The molecular weight excluding hydrogens is 498 g/mol. The van der Waals surface area contributed by atoms with E-state index in [9.17, 15) is 29.4 Å². The molecule has 1 aromatic carbocycles. The average molecular weight is 538 g/mol. The summed E-state index contributed by atoms with van der Waals surface area (Å²) >= 11 is 1.48. The molecule has 8 N–H and O–H groups in total. The zero-order valence-electron chi connectivity index (χ0n) is 21.2. The van der Waals surface area contributed by atoms with Gasteiger partial charge in [0.1, 0.15) is 23.9 Å². The minimum atomic E-state index is -1.13. The number of carboxylic acids is 1. The number of nitrogens with zero attached hydrogens (tertiary/aromatic N) is 1. The molecule has 1 aliphatic rings. The van der Waals surface area contributed by atoms with Gasteiger partial charge in [-0.1, -0.05) is 18.6 Å². The highest BCUT2D eigenvalue weighted by molar-refractivity contribution is 7.98. The number of carbonyl (C=O) groups is 4. The molecule has 206 valence electrons. The lowest BCUT2D eigenvalue weighted by Crippen LogP contribution is -2.57. The second-order valence-electron chi connectivity index (χ2n) is 9.19. The second-order valence-corrected chi connectivity index (χ2v) is 10.2. The number of hydrogen-bond donors (Lipinski definition) is 6. The van der Waals surface area contributed by atoms with Crippen LogP contribution in [-0.4, -0.2) is 88.1 Å². The van der Waals surface area contributed by atoms with Crippen molar-refractivity contribution in [2.45, 2.75) is 69.1 Å². The summed E-state index contributed by atoms with van der Waals surface area (Å²) in [5, 5.41) is 24.4. The molecule has 3 amide bonds. The Labute approximate surface area is 221 Å². The van der Waals surface area contributed by atoms with Gasteiger partial charge in [-0.2, -0.15) is 11.8 Å². The average Bonchev–Trinajstić information content (AvgIpc) is 3.37. The minimum Gasteiger partial charge on any atom is -0.508 e. The van der Waals surface area contributed by atoms with Crippen LogP contribution in [0, 0.1) is 0 Å². The lowest BCUT2D eigenvalue weighted by molar-refractivity contribution is -0.145. The van der Waals surface area contributed by atoms with Crippen LogP contribution < -0.4 is 22.1 Å². The highest BCUT2D eigenvalue weighted by Gasteiger charge is 2.39. The van der Waals surface area contributed by atoms with Crippen LogP contribution in [0.25, 0.3) is 0 Å². The fourth-order valence-corrected chi connectivity index (χ4v) is 4.72. The van der Waals surface area contributed by atoms with Crippen molar-refractivity contribution in [3.8, 4) is 5.75 Å². The third kappa shape index (κ3) is 9.52. The van der Waals surface area contributed by atoms with Crippen LogP contribution in [-0.2, 0) is 25.6 Å². The van der Waals surface area contributed by atoms with Gasteiger partial charge in [0.05, 0.1) is 6.04 Å². The van der Waals surface area contributed by atoms with Crippen molar-refractivity contribution in [1.82, 2.24) is 15.5 Å². The highest BCUT2D eigenvalue weighted by atomic mass is 32.2. The van der Waals surface area contributed by atoms with Gasteiger partial charge in [0, 0.05) is 13.0 Å². The SMILES string of the molecule is CSCCC(NC(=O)C1CCCN1C(=O)C(Cc1ccc(O)cc1)NC(=O)C(N)CCCCN)C(=O)O. The number of phenolic OH excluding ortho intramolecular Hbond substituents is 1. The van der Waals surface area contributed by atoms with Crippen LogP contribution >= 0.6 is 11.8 Å². The van der Waals surface area contributed by atoms with Crippen molar-refractivity contribution in [3.05, 3.63) is 29.8 Å². The Balaban J connectivity index is 2.18. The molecule has 0 aliphatic carbocycles. The van der Waals surface area contributed by atoms with Gasteiger partial charge in [-0.3, -0.25) is 14.4 Å². The number of rotatable bonds is 15. The normalized spacial score (nSPS) is 17.6. The summed E-state index contributed by atoms with van der Waals surface area (Å²) in [6.07, 6.45) is 5.05. The van der Waals surface area contributed by atoms with Gasteiger partial charge >= 0.3 is 5.97 Å². The van der Waals surface area contributed by atoms with Gasteiger partial charge in [-0.25, -0.2) is 4.79 Å². The largest absolute Gasteiger partial charge is 0.508 e. The van der Waals surface area contributed by atoms with Gasteiger partial charge in [0.15, 0.2) is 0 Å². The maximum absolute atomic E-state index is 13.6. The first-order valence-corrected chi connectivity index (χ1v) is 13.9. The maximum Gasteiger partial charge on any atom is 0.326 e. The van der Waals surface area contributed by atoms with Crippen molar-refractivity contribution in [1.29, 1.82) is 0 Å². The summed E-state index contributed by atoms with van der Waals surface area (Å²) < 4.78 is 0. The first-order chi connectivity index (χ1) is 17.7. The molecule has 4 unspecified atom stereocenters. The van der Waals surface area contributed by atoms with Gasteiger partial charge in [-0.05, 0) is 68.4 Å². The van der Waals surface area contributed by atoms with E-state index in [1.54, 1.807) is 12.1 Å². The maximum atomic E-state index is 13.6. The number of aromatic hydroxyl groups is 1. The summed E-state index contributed by atoms with van der Waals surface area (Å²) in [6.45, 7) is 0.804. The van der Waals surface area contributed by atoms with Crippen molar-refractivity contribution < 1.29 is 29.4 Å². The van der Waals surface area contributed by atoms with E-state index in [1.165, 1.54) is 28.8 Å². The van der Waals surface area contributed by atoms with Gasteiger partial charge < -0.3 is 37.2 Å².